The molecule has 0 spiro atoms. The smallest absolute Gasteiger partial charge is 0.335 e. The molecule has 2 aromatic rings. The van der Waals surface area contributed by atoms with Crippen molar-refractivity contribution in [2.24, 2.45) is 0 Å². The fraction of sp³-hybridized carbons (Fsp3) is 0.200. The minimum absolute atomic E-state index is 0.205. The summed E-state index contributed by atoms with van der Waals surface area (Å²) in [5.41, 5.74) is 1.07. The lowest BCUT2D eigenvalue weighted by molar-refractivity contribution is 0.0695. The average Bonchev–Trinajstić information content (AvgIpc) is 2.48. The first-order chi connectivity index (χ1) is 9.75. The predicted octanol–water partition coefficient (Wildman–Crippen LogP) is 2.38. The lowest BCUT2D eigenvalue weighted by atomic mass is 10.2. The van der Waals surface area contributed by atoms with Gasteiger partial charge in [-0.05, 0) is 30.3 Å². The van der Waals surface area contributed by atoms with E-state index >= 15 is 0 Å². The SMILES string of the molecule is O=C(O)c1cccc(OCCOCc2ccccn2)c1. The summed E-state index contributed by atoms with van der Waals surface area (Å²) < 4.78 is 10.8. The maximum Gasteiger partial charge on any atom is 0.335 e. The molecule has 104 valence electrons. The molecule has 0 aliphatic carbocycles. The second kappa shape index (κ2) is 7.25. The Morgan fingerprint density at radius 3 is 2.80 bits per heavy atom. The quantitative estimate of drug-likeness (QED) is 0.784. The van der Waals surface area contributed by atoms with Crippen LogP contribution in [0.15, 0.2) is 48.7 Å². The summed E-state index contributed by atoms with van der Waals surface area (Å²) in [7, 11) is 0. The second-order valence-electron chi connectivity index (χ2n) is 4.06. The summed E-state index contributed by atoms with van der Waals surface area (Å²) in [6.45, 7) is 1.20. The van der Waals surface area contributed by atoms with Crippen LogP contribution in [0.4, 0.5) is 0 Å². The lowest BCUT2D eigenvalue weighted by Gasteiger charge is -2.07. The Bertz CT molecular complexity index is 557. The van der Waals surface area contributed by atoms with Gasteiger partial charge in [-0.3, -0.25) is 4.98 Å². The minimum Gasteiger partial charge on any atom is -0.491 e. The molecule has 2 rings (SSSR count). The fourth-order valence-corrected chi connectivity index (χ4v) is 1.60. The summed E-state index contributed by atoms with van der Waals surface area (Å²) >= 11 is 0. The molecule has 1 heterocycles. The second-order valence-corrected chi connectivity index (χ2v) is 4.06. The van der Waals surface area contributed by atoms with Gasteiger partial charge in [0.05, 0.1) is 24.5 Å². The van der Waals surface area contributed by atoms with Crippen molar-refractivity contribution in [2.75, 3.05) is 13.2 Å². The first-order valence-corrected chi connectivity index (χ1v) is 6.19. The molecule has 0 bridgehead atoms. The summed E-state index contributed by atoms with van der Waals surface area (Å²) in [5.74, 6) is -0.451. The number of carbonyl (C=O) groups is 1. The number of aromatic carboxylic acids is 1. The standard InChI is InChI=1S/C15H15NO4/c17-15(18)12-4-3-6-14(10-12)20-9-8-19-11-13-5-1-2-7-16-13/h1-7,10H,8-9,11H2,(H,17,18). The van der Waals surface area contributed by atoms with Crippen molar-refractivity contribution in [3.05, 3.63) is 59.9 Å². The van der Waals surface area contributed by atoms with Crippen LogP contribution in [0.2, 0.25) is 0 Å². The van der Waals surface area contributed by atoms with Crippen LogP contribution in [0.3, 0.4) is 0 Å². The van der Waals surface area contributed by atoms with Crippen LogP contribution in [0, 0.1) is 0 Å². The van der Waals surface area contributed by atoms with Crippen LogP contribution < -0.4 is 4.74 Å². The number of nitrogens with zero attached hydrogens (tertiary/aromatic N) is 1. The molecule has 0 fully saturated rings. The Balaban J connectivity index is 1.71. The lowest BCUT2D eigenvalue weighted by Crippen LogP contribution is -2.07. The highest BCUT2D eigenvalue weighted by molar-refractivity contribution is 5.87. The number of rotatable bonds is 7. The van der Waals surface area contributed by atoms with E-state index < -0.39 is 5.97 Å². The number of aromatic nitrogens is 1. The Morgan fingerprint density at radius 2 is 2.05 bits per heavy atom. The van der Waals surface area contributed by atoms with Gasteiger partial charge in [-0.2, -0.15) is 0 Å². The number of ether oxygens (including phenoxy) is 2. The Kier molecular flexibility index (Phi) is 5.08. The van der Waals surface area contributed by atoms with E-state index in [2.05, 4.69) is 4.98 Å². The molecule has 0 atom stereocenters. The van der Waals surface area contributed by atoms with Gasteiger partial charge >= 0.3 is 5.97 Å². The number of pyridine rings is 1. The number of carboxylic acid groups (broad SMARTS) is 1. The van der Waals surface area contributed by atoms with Gasteiger partial charge in [0.1, 0.15) is 12.4 Å². The van der Waals surface area contributed by atoms with Crippen molar-refractivity contribution >= 4 is 5.97 Å². The van der Waals surface area contributed by atoms with E-state index in [9.17, 15) is 4.79 Å². The first-order valence-electron chi connectivity index (χ1n) is 6.19. The minimum atomic E-state index is -0.971. The highest BCUT2D eigenvalue weighted by atomic mass is 16.5. The van der Waals surface area contributed by atoms with E-state index in [0.717, 1.165) is 5.69 Å². The molecular weight excluding hydrogens is 258 g/mol. The molecule has 1 N–H and O–H groups in total. The van der Waals surface area contributed by atoms with Gasteiger partial charge in [-0.1, -0.05) is 12.1 Å². The fourth-order valence-electron chi connectivity index (χ4n) is 1.60. The van der Waals surface area contributed by atoms with Gasteiger partial charge in [0, 0.05) is 6.20 Å². The van der Waals surface area contributed by atoms with Gasteiger partial charge in [-0.15, -0.1) is 0 Å². The third-order valence-electron chi connectivity index (χ3n) is 2.55. The van der Waals surface area contributed by atoms with Crippen molar-refractivity contribution in [1.29, 1.82) is 0 Å². The van der Waals surface area contributed by atoms with E-state index in [1.54, 1.807) is 18.3 Å². The maximum atomic E-state index is 10.8. The molecule has 5 heteroatoms. The number of hydrogen-bond acceptors (Lipinski definition) is 4. The third-order valence-corrected chi connectivity index (χ3v) is 2.55. The van der Waals surface area contributed by atoms with Gasteiger partial charge < -0.3 is 14.6 Å². The normalized spacial score (nSPS) is 10.2. The van der Waals surface area contributed by atoms with Crippen molar-refractivity contribution in [3.63, 3.8) is 0 Å². The molecule has 1 aromatic carbocycles. The van der Waals surface area contributed by atoms with Gasteiger partial charge in [0.2, 0.25) is 0 Å². The topological polar surface area (TPSA) is 68.7 Å². The zero-order chi connectivity index (χ0) is 14.2. The Labute approximate surface area is 116 Å². The van der Waals surface area contributed by atoms with E-state index in [-0.39, 0.29) is 5.56 Å². The van der Waals surface area contributed by atoms with Crippen LogP contribution in [-0.2, 0) is 11.3 Å². The van der Waals surface area contributed by atoms with Crippen molar-refractivity contribution in [2.45, 2.75) is 6.61 Å². The summed E-state index contributed by atoms with van der Waals surface area (Å²) in [6, 6.07) is 12.0. The monoisotopic (exact) mass is 273 g/mol. The number of benzene rings is 1. The van der Waals surface area contributed by atoms with Gasteiger partial charge in [0.15, 0.2) is 0 Å². The van der Waals surface area contributed by atoms with E-state index in [4.69, 9.17) is 14.6 Å². The largest absolute Gasteiger partial charge is 0.491 e. The molecule has 0 amide bonds. The molecule has 20 heavy (non-hydrogen) atoms. The molecule has 1 aromatic heterocycles. The Morgan fingerprint density at radius 1 is 1.15 bits per heavy atom. The highest BCUT2D eigenvalue weighted by Gasteiger charge is 2.03. The number of hydrogen-bond donors (Lipinski definition) is 1. The van der Waals surface area contributed by atoms with Crippen LogP contribution in [0.25, 0.3) is 0 Å². The van der Waals surface area contributed by atoms with Gasteiger partial charge in [0.25, 0.3) is 0 Å². The van der Waals surface area contributed by atoms with E-state index in [0.29, 0.717) is 25.6 Å². The zero-order valence-corrected chi connectivity index (χ0v) is 10.9. The van der Waals surface area contributed by atoms with Crippen LogP contribution in [-0.4, -0.2) is 29.3 Å². The van der Waals surface area contributed by atoms with Crippen LogP contribution >= 0.6 is 0 Å². The average molecular weight is 273 g/mol. The molecule has 0 aliphatic heterocycles. The molecule has 0 radical (unpaired) electrons. The van der Waals surface area contributed by atoms with Crippen LogP contribution in [0.1, 0.15) is 16.1 Å². The molecule has 0 aliphatic rings. The maximum absolute atomic E-state index is 10.8. The van der Waals surface area contributed by atoms with Crippen LogP contribution in [0.5, 0.6) is 5.75 Å². The summed E-state index contributed by atoms with van der Waals surface area (Å²) in [6.07, 6.45) is 1.71. The highest BCUT2D eigenvalue weighted by Crippen LogP contribution is 2.13. The summed E-state index contributed by atoms with van der Waals surface area (Å²) in [4.78, 5) is 14.9. The van der Waals surface area contributed by atoms with Gasteiger partial charge in [-0.25, -0.2) is 4.79 Å². The molecule has 0 saturated heterocycles. The predicted molar refractivity (Wildman–Crippen MR) is 72.8 cm³/mol. The first kappa shape index (κ1) is 14.0. The molecule has 0 saturated carbocycles. The molecule has 5 nitrogen and oxygen atoms in total. The zero-order valence-electron chi connectivity index (χ0n) is 10.9. The summed E-state index contributed by atoms with van der Waals surface area (Å²) in [5, 5.41) is 8.86. The molecule has 0 unspecified atom stereocenters. The molecular formula is C15H15NO4. The van der Waals surface area contributed by atoms with Crippen molar-refractivity contribution < 1.29 is 19.4 Å². The van der Waals surface area contributed by atoms with E-state index in [1.807, 2.05) is 18.2 Å². The third kappa shape index (κ3) is 4.37. The van der Waals surface area contributed by atoms with Crippen molar-refractivity contribution in [3.8, 4) is 5.75 Å². The number of carboxylic acids is 1. The van der Waals surface area contributed by atoms with E-state index in [1.165, 1.54) is 12.1 Å². The van der Waals surface area contributed by atoms with Crippen molar-refractivity contribution in [1.82, 2.24) is 4.98 Å². The Hall–Kier alpha value is -2.40.